The van der Waals surface area contributed by atoms with Gasteiger partial charge in [0.1, 0.15) is 0 Å². The minimum Gasteiger partial charge on any atom is -0.384 e. The van der Waals surface area contributed by atoms with Crippen LogP contribution in [0.4, 0.5) is 0 Å². The van der Waals surface area contributed by atoms with E-state index in [4.69, 9.17) is 4.74 Å². The molecule has 0 aliphatic carbocycles. The minimum atomic E-state index is 0.548. The maximum Gasteiger partial charge on any atom is 0.0491 e. The van der Waals surface area contributed by atoms with Crippen LogP contribution in [0.15, 0.2) is 0 Å². The van der Waals surface area contributed by atoms with Crippen LogP contribution < -0.4 is 5.32 Å². The number of hydrogen-bond donors (Lipinski definition) is 1. The van der Waals surface area contributed by atoms with Crippen LogP contribution in [-0.2, 0) is 4.74 Å². The molecule has 2 aliphatic heterocycles. The summed E-state index contributed by atoms with van der Waals surface area (Å²) in [5.74, 6) is 0.799. The molecular formula is C15H30N2O. The molecular weight excluding hydrogens is 224 g/mol. The van der Waals surface area contributed by atoms with Crippen LogP contribution in [0.25, 0.3) is 0 Å². The Kier molecular flexibility index (Phi) is 5.46. The molecule has 1 N–H and O–H groups in total. The van der Waals surface area contributed by atoms with Crippen molar-refractivity contribution in [3.05, 3.63) is 0 Å². The van der Waals surface area contributed by atoms with Crippen LogP contribution in [0.2, 0.25) is 0 Å². The standard InChI is InChI=1S/C15H30N2O/c1-3-15(7-4-8-16-12-15)13-17-9-5-14(6-10-17)11-18-2/h14,16H,3-13H2,1-2H3. The first-order valence-electron chi connectivity index (χ1n) is 7.70. The zero-order valence-corrected chi connectivity index (χ0v) is 12.2. The Hall–Kier alpha value is -0.120. The first-order chi connectivity index (χ1) is 8.78. The normalized spacial score (nSPS) is 31.7. The quantitative estimate of drug-likeness (QED) is 0.813. The molecule has 3 nitrogen and oxygen atoms in total. The fourth-order valence-corrected chi connectivity index (χ4v) is 3.60. The van der Waals surface area contributed by atoms with E-state index in [-0.39, 0.29) is 0 Å². The monoisotopic (exact) mass is 254 g/mol. The predicted molar refractivity (Wildman–Crippen MR) is 75.9 cm³/mol. The van der Waals surface area contributed by atoms with Crippen molar-refractivity contribution >= 4 is 0 Å². The van der Waals surface area contributed by atoms with Gasteiger partial charge in [0, 0.05) is 26.8 Å². The third-order valence-electron chi connectivity index (χ3n) is 4.98. The molecule has 1 unspecified atom stereocenters. The number of hydrogen-bond acceptors (Lipinski definition) is 3. The lowest BCUT2D eigenvalue weighted by Crippen LogP contribution is -2.49. The summed E-state index contributed by atoms with van der Waals surface area (Å²) in [7, 11) is 1.83. The van der Waals surface area contributed by atoms with E-state index in [1.807, 2.05) is 7.11 Å². The first-order valence-corrected chi connectivity index (χ1v) is 7.70. The number of rotatable bonds is 5. The highest BCUT2D eigenvalue weighted by Crippen LogP contribution is 2.32. The lowest BCUT2D eigenvalue weighted by molar-refractivity contribution is 0.0610. The summed E-state index contributed by atoms with van der Waals surface area (Å²) in [6, 6.07) is 0. The van der Waals surface area contributed by atoms with Gasteiger partial charge in [-0.3, -0.25) is 0 Å². The Morgan fingerprint density at radius 2 is 2.11 bits per heavy atom. The van der Waals surface area contributed by atoms with Crippen molar-refractivity contribution in [1.82, 2.24) is 10.2 Å². The van der Waals surface area contributed by atoms with Gasteiger partial charge in [0.2, 0.25) is 0 Å². The van der Waals surface area contributed by atoms with Gasteiger partial charge >= 0.3 is 0 Å². The fourth-order valence-electron chi connectivity index (χ4n) is 3.60. The lowest BCUT2D eigenvalue weighted by Gasteiger charge is -2.43. The number of nitrogens with zero attached hydrogens (tertiary/aromatic N) is 1. The summed E-state index contributed by atoms with van der Waals surface area (Å²) < 4.78 is 5.28. The molecule has 0 spiro atoms. The Morgan fingerprint density at radius 1 is 1.33 bits per heavy atom. The van der Waals surface area contributed by atoms with E-state index in [0.29, 0.717) is 5.41 Å². The van der Waals surface area contributed by atoms with Crippen LogP contribution in [0, 0.1) is 11.3 Å². The van der Waals surface area contributed by atoms with Gasteiger partial charge in [-0.05, 0) is 63.1 Å². The van der Waals surface area contributed by atoms with Crippen LogP contribution in [0.1, 0.15) is 39.0 Å². The van der Waals surface area contributed by atoms with Crippen molar-refractivity contribution in [2.75, 3.05) is 46.4 Å². The van der Waals surface area contributed by atoms with Gasteiger partial charge in [-0.25, -0.2) is 0 Å². The molecule has 2 saturated heterocycles. The van der Waals surface area contributed by atoms with Gasteiger partial charge in [-0.15, -0.1) is 0 Å². The van der Waals surface area contributed by atoms with E-state index in [1.54, 1.807) is 0 Å². The van der Waals surface area contributed by atoms with E-state index in [9.17, 15) is 0 Å². The van der Waals surface area contributed by atoms with E-state index >= 15 is 0 Å². The second kappa shape index (κ2) is 6.88. The average Bonchev–Trinajstić information content (AvgIpc) is 2.42. The summed E-state index contributed by atoms with van der Waals surface area (Å²) in [6.07, 6.45) is 6.72. The van der Waals surface area contributed by atoms with Crippen molar-refractivity contribution < 1.29 is 4.74 Å². The molecule has 0 saturated carbocycles. The van der Waals surface area contributed by atoms with Crippen molar-refractivity contribution in [1.29, 1.82) is 0 Å². The number of ether oxygens (including phenoxy) is 1. The maximum absolute atomic E-state index is 5.28. The summed E-state index contributed by atoms with van der Waals surface area (Å²) >= 11 is 0. The SMILES string of the molecule is CCC1(CN2CCC(COC)CC2)CCCNC1. The van der Waals surface area contributed by atoms with Crippen LogP contribution in [0.5, 0.6) is 0 Å². The number of methoxy groups -OCH3 is 1. The Balaban J connectivity index is 1.79. The number of nitrogens with one attached hydrogen (secondary N) is 1. The average molecular weight is 254 g/mol. The van der Waals surface area contributed by atoms with Gasteiger partial charge in [-0.2, -0.15) is 0 Å². The van der Waals surface area contributed by atoms with Gasteiger partial charge in [0.15, 0.2) is 0 Å². The highest BCUT2D eigenvalue weighted by Gasteiger charge is 2.33. The van der Waals surface area contributed by atoms with Gasteiger partial charge in [0.25, 0.3) is 0 Å². The molecule has 106 valence electrons. The molecule has 2 aliphatic rings. The molecule has 0 aromatic rings. The zero-order valence-electron chi connectivity index (χ0n) is 12.2. The lowest BCUT2D eigenvalue weighted by atomic mass is 9.77. The third-order valence-corrected chi connectivity index (χ3v) is 4.98. The molecule has 2 fully saturated rings. The smallest absolute Gasteiger partial charge is 0.0491 e. The van der Waals surface area contributed by atoms with E-state index in [2.05, 4.69) is 17.1 Å². The van der Waals surface area contributed by atoms with E-state index < -0.39 is 0 Å². The van der Waals surface area contributed by atoms with Crippen molar-refractivity contribution in [2.45, 2.75) is 39.0 Å². The minimum absolute atomic E-state index is 0.548. The number of likely N-dealkylation sites (tertiary alicyclic amines) is 1. The van der Waals surface area contributed by atoms with Crippen molar-refractivity contribution in [2.24, 2.45) is 11.3 Å². The zero-order chi connectivity index (χ0) is 12.8. The van der Waals surface area contributed by atoms with Gasteiger partial charge in [-0.1, -0.05) is 6.92 Å². The predicted octanol–water partition coefficient (Wildman–Crippen LogP) is 2.12. The highest BCUT2D eigenvalue weighted by molar-refractivity contribution is 4.88. The molecule has 0 bridgehead atoms. The van der Waals surface area contributed by atoms with E-state index in [1.165, 1.54) is 64.8 Å². The van der Waals surface area contributed by atoms with Crippen LogP contribution in [0.3, 0.4) is 0 Å². The first kappa shape index (κ1) is 14.3. The van der Waals surface area contributed by atoms with Gasteiger partial charge in [0.05, 0.1) is 0 Å². The molecule has 0 radical (unpaired) electrons. The fraction of sp³-hybridized carbons (Fsp3) is 1.00. The van der Waals surface area contributed by atoms with Crippen LogP contribution >= 0.6 is 0 Å². The number of piperidine rings is 2. The summed E-state index contributed by atoms with van der Waals surface area (Å²) in [4.78, 5) is 2.70. The summed E-state index contributed by atoms with van der Waals surface area (Å²) in [5, 5.41) is 3.60. The molecule has 18 heavy (non-hydrogen) atoms. The molecule has 1 atom stereocenters. The molecule has 0 aromatic heterocycles. The Bertz CT molecular complexity index is 231. The van der Waals surface area contributed by atoms with E-state index in [0.717, 1.165) is 12.5 Å². The maximum atomic E-state index is 5.28. The molecule has 0 amide bonds. The van der Waals surface area contributed by atoms with Crippen LogP contribution in [-0.4, -0.2) is 51.3 Å². The topological polar surface area (TPSA) is 24.5 Å². The molecule has 2 rings (SSSR count). The molecule has 0 aromatic carbocycles. The van der Waals surface area contributed by atoms with Crippen molar-refractivity contribution in [3.63, 3.8) is 0 Å². The Morgan fingerprint density at radius 3 is 2.67 bits per heavy atom. The highest BCUT2D eigenvalue weighted by atomic mass is 16.5. The Labute approximate surface area is 112 Å². The molecule has 2 heterocycles. The summed E-state index contributed by atoms with van der Waals surface area (Å²) in [6.45, 7) is 9.61. The second-order valence-electron chi connectivity index (χ2n) is 6.31. The molecule has 3 heteroatoms. The van der Waals surface area contributed by atoms with Crippen molar-refractivity contribution in [3.8, 4) is 0 Å². The third kappa shape index (κ3) is 3.69. The van der Waals surface area contributed by atoms with Gasteiger partial charge < -0.3 is 15.0 Å². The largest absolute Gasteiger partial charge is 0.384 e. The second-order valence-corrected chi connectivity index (χ2v) is 6.31. The summed E-state index contributed by atoms with van der Waals surface area (Å²) in [5.41, 5.74) is 0.548.